The minimum Gasteiger partial charge on any atom is -0.394 e. The minimum absolute atomic E-state index is 0.0509. The van der Waals surface area contributed by atoms with Crippen LogP contribution in [0.1, 0.15) is 20.3 Å². The SMILES string of the molecule is CC(C)CC(CN)C(=O)N1CCOCC1CO. The molecule has 0 aliphatic carbocycles. The summed E-state index contributed by atoms with van der Waals surface area (Å²) in [6.07, 6.45) is 0.796. The summed E-state index contributed by atoms with van der Waals surface area (Å²) in [7, 11) is 0. The molecule has 2 unspecified atom stereocenters. The Bertz CT molecular complexity index is 246. The van der Waals surface area contributed by atoms with Gasteiger partial charge in [0.05, 0.1) is 31.8 Å². The molecule has 0 radical (unpaired) electrons. The van der Waals surface area contributed by atoms with Crippen LogP contribution in [0.25, 0.3) is 0 Å². The maximum Gasteiger partial charge on any atom is 0.227 e. The van der Waals surface area contributed by atoms with Gasteiger partial charge in [0.1, 0.15) is 0 Å². The predicted octanol–water partition coefficient (Wildman–Crippen LogP) is -0.173. The van der Waals surface area contributed by atoms with Gasteiger partial charge in [0, 0.05) is 13.1 Å². The van der Waals surface area contributed by atoms with Crippen molar-refractivity contribution >= 4 is 5.91 Å². The Balaban J connectivity index is 2.64. The summed E-state index contributed by atoms with van der Waals surface area (Å²) in [6, 6.07) is -0.211. The van der Waals surface area contributed by atoms with E-state index in [0.29, 0.717) is 32.2 Å². The molecule has 0 spiro atoms. The van der Waals surface area contributed by atoms with Crippen LogP contribution in [0.2, 0.25) is 0 Å². The van der Waals surface area contributed by atoms with Gasteiger partial charge in [0.2, 0.25) is 5.91 Å². The third kappa shape index (κ3) is 3.94. The maximum absolute atomic E-state index is 12.3. The van der Waals surface area contributed by atoms with Crippen molar-refractivity contribution < 1.29 is 14.6 Å². The van der Waals surface area contributed by atoms with Gasteiger partial charge >= 0.3 is 0 Å². The fourth-order valence-corrected chi connectivity index (χ4v) is 2.20. The Kier molecular flexibility index (Phi) is 5.88. The van der Waals surface area contributed by atoms with Crippen LogP contribution in [0, 0.1) is 11.8 Å². The van der Waals surface area contributed by atoms with Gasteiger partial charge in [-0.25, -0.2) is 0 Å². The number of carbonyl (C=O) groups excluding carboxylic acids is 1. The zero-order valence-electron chi connectivity index (χ0n) is 10.8. The van der Waals surface area contributed by atoms with Crippen LogP contribution in [0.4, 0.5) is 0 Å². The average Bonchev–Trinajstić information content (AvgIpc) is 2.34. The number of hydrogen-bond donors (Lipinski definition) is 2. The first-order chi connectivity index (χ1) is 8.10. The molecule has 1 heterocycles. The number of ether oxygens (including phenoxy) is 1. The first kappa shape index (κ1) is 14.4. The van der Waals surface area contributed by atoms with Crippen LogP contribution in [-0.2, 0) is 9.53 Å². The Labute approximate surface area is 103 Å². The van der Waals surface area contributed by atoms with Gasteiger partial charge in [-0.3, -0.25) is 4.79 Å². The lowest BCUT2D eigenvalue weighted by Gasteiger charge is -2.36. The molecule has 1 amide bonds. The quantitative estimate of drug-likeness (QED) is 0.704. The van der Waals surface area contributed by atoms with Gasteiger partial charge in [-0.05, 0) is 12.3 Å². The van der Waals surface area contributed by atoms with Crippen molar-refractivity contribution in [3.05, 3.63) is 0 Å². The first-order valence-electron chi connectivity index (χ1n) is 6.29. The number of carbonyl (C=O) groups is 1. The van der Waals surface area contributed by atoms with Crippen LogP contribution in [-0.4, -0.2) is 54.9 Å². The molecule has 2 atom stereocenters. The van der Waals surface area contributed by atoms with E-state index in [9.17, 15) is 9.90 Å². The van der Waals surface area contributed by atoms with Crippen LogP contribution in [0.5, 0.6) is 0 Å². The molecular formula is C12H24N2O3. The van der Waals surface area contributed by atoms with Crippen LogP contribution < -0.4 is 5.73 Å². The molecule has 5 heteroatoms. The van der Waals surface area contributed by atoms with Crippen molar-refractivity contribution in [1.29, 1.82) is 0 Å². The molecule has 5 nitrogen and oxygen atoms in total. The molecule has 3 N–H and O–H groups in total. The lowest BCUT2D eigenvalue weighted by molar-refractivity contribution is -0.146. The summed E-state index contributed by atoms with van der Waals surface area (Å²) in [4.78, 5) is 14.0. The molecule has 100 valence electrons. The summed E-state index contributed by atoms with van der Waals surface area (Å²) in [5.41, 5.74) is 5.67. The van der Waals surface area contributed by atoms with Crippen molar-refractivity contribution in [2.24, 2.45) is 17.6 Å². The Hall–Kier alpha value is -0.650. The molecule has 0 bridgehead atoms. The molecule has 1 fully saturated rings. The lowest BCUT2D eigenvalue weighted by Crippen LogP contribution is -2.53. The zero-order valence-corrected chi connectivity index (χ0v) is 10.8. The van der Waals surface area contributed by atoms with E-state index in [1.54, 1.807) is 4.90 Å². The topological polar surface area (TPSA) is 75.8 Å². The monoisotopic (exact) mass is 244 g/mol. The minimum atomic E-state index is -0.211. The largest absolute Gasteiger partial charge is 0.394 e. The van der Waals surface area contributed by atoms with Crippen molar-refractivity contribution in [1.82, 2.24) is 4.90 Å². The summed E-state index contributed by atoms with van der Waals surface area (Å²) in [5, 5.41) is 9.24. The Morgan fingerprint density at radius 1 is 1.59 bits per heavy atom. The van der Waals surface area contributed by atoms with E-state index in [1.807, 2.05) is 0 Å². The number of amides is 1. The van der Waals surface area contributed by atoms with Crippen molar-refractivity contribution in [3.8, 4) is 0 Å². The fraction of sp³-hybridized carbons (Fsp3) is 0.917. The van der Waals surface area contributed by atoms with E-state index in [-0.39, 0.29) is 24.5 Å². The van der Waals surface area contributed by atoms with E-state index in [2.05, 4.69) is 13.8 Å². The summed E-state index contributed by atoms with van der Waals surface area (Å²) in [6.45, 7) is 6.00. The average molecular weight is 244 g/mol. The third-order valence-corrected chi connectivity index (χ3v) is 3.11. The summed E-state index contributed by atoms with van der Waals surface area (Å²) in [5.74, 6) is 0.367. The first-order valence-corrected chi connectivity index (χ1v) is 6.29. The normalized spacial score (nSPS) is 22.9. The molecule has 1 aliphatic heterocycles. The highest BCUT2D eigenvalue weighted by atomic mass is 16.5. The number of aliphatic hydroxyl groups excluding tert-OH is 1. The fourth-order valence-electron chi connectivity index (χ4n) is 2.20. The smallest absolute Gasteiger partial charge is 0.227 e. The second-order valence-corrected chi connectivity index (χ2v) is 5.01. The number of nitrogens with two attached hydrogens (primary N) is 1. The standard InChI is InChI=1S/C12H24N2O3/c1-9(2)5-10(6-13)12(16)14-3-4-17-8-11(14)7-15/h9-11,15H,3-8,13H2,1-2H3. The highest BCUT2D eigenvalue weighted by Crippen LogP contribution is 2.17. The molecular weight excluding hydrogens is 220 g/mol. The van der Waals surface area contributed by atoms with E-state index >= 15 is 0 Å². The number of rotatable bonds is 5. The van der Waals surface area contributed by atoms with E-state index < -0.39 is 0 Å². The predicted molar refractivity (Wildman–Crippen MR) is 65.4 cm³/mol. The highest BCUT2D eigenvalue weighted by Gasteiger charge is 2.31. The van der Waals surface area contributed by atoms with Crippen LogP contribution in [0.3, 0.4) is 0 Å². The van der Waals surface area contributed by atoms with Gasteiger partial charge in [0.25, 0.3) is 0 Å². The van der Waals surface area contributed by atoms with Crippen LogP contribution >= 0.6 is 0 Å². The Morgan fingerprint density at radius 2 is 2.29 bits per heavy atom. The number of morpholine rings is 1. The molecule has 0 aromatic rings. The van der Waals surface area contributed by atoms with Gasteiger partial charge < -0.3 is 20.5 Å². The van der Waals surface area contributed by atoms with Crippen molar-refractivity contribution in [2.75, 3.05) is 32.9 Å². The Morgan fingerprint density at radius 3 is 2.82 bits per heavy atom. The second-order valence-electron chi connectivity index (χ2n) is 5.01. The van der Waals surface area contributed by atoms with E-state index in [0.717, 1.165) is 6.42 Å². The number of aliphatic hydroxyl groups is 1. The summed E-state index contributed by atoms with van der Waals surface area (Å²) < 4.78 is 5.26. The molecule has 1 rings (SSSR count). The van der Waals surface area contributed by atoms with Gasteiger partial charge in [-0.15, -0.1) is 0 Å². The third-order valence-electron chi connectivity index (χ3n) is 3.11. The van der Waals surface area contributed by atoms with E-state index in [4.69, 9.17) is 10.5 Å². The highest BCUT2D eigenvalue weighted by molar-refractivity contribution is 5.79. The van der Waals surface area contributed by atoms with Crippen molar-refractivity contribution in [3.63, 3.8) is 0 Å². The van der Waals surface area contributed by atoms with E-state index in [1.165, 1.54) is 0 Å². The van der Waals surface area contributed by atoms with Gasteiger partial charge in [-0.1, -0.05) is 13.8 Å². The molecule has 0 saturated carbocycles. The molecule has 0 aromatic carbocycles. The van der Waals surface area contributed by atoms with Gasteiger partial charge in [0.15, 0.2) is 0 Å². The molecule has 1 aliphatic rings. The van der Waals surface area contributed by atoms with Crippen molar-refractivity contribution in [2.45, 2.75) is 26.3 Å². The van der Waals surface area contributed by atoms with Gasteiger partial charge in [-0.2, -0.15) is 0 Å². The number of nitrogens with zero attached hydrogens (tertiary/aromatic N) is 1. The molecule has 1 saturated heterocycles. The maximum atomic E-state index is 12.3. The molecule has 0 aromatic heterocycles. The number of hydrogen-bond acceptors (Lipinski definition) is 4. The van der Waals surface area contributed by atoms with Crippen LogP contribution in [0.15, 0.2) is 0 Å². The summed E-state index contributed by atoms with van der Waals surface area (Å²) >= 11 is 0. The second kappa shape index (κ2) is 6.93. The molecule has 17 heavy (non-hydrogen) atoms. The lowest BCUT2D eigenvalue weighted by atomic mass is 9.95. The zero-order chi connectivity index (χ0) is 12.8.